The van der Waals surface area contributed by atoms with Crippen LogP contribution in [-0.2, 0) is 4.79 Å². The molecule has 0 saturated carbocycles. The van der Waals surface area contributed by atoms with E-state index in [-0.39, 0.29) is 12.5 Å². The summed E-state index contributed by atoms with van der Waals surface area (Å²) in [7, 11) is 0. The Labute approximate surface area is 166 Å². The molecule has 0 aliphatic heterocycles. The number of carbonyl (C=O) groups is 1. The van der Waals surface area contributed by atoms with Gasteiger partial charge in [-0.1, -0.05) is 60.1 Å². The minimum atomic E-state index is -0.366. The second-order valence-electron chi connectivity index (χ2n) is 6.15. The van der Waals surface area contributed by atoms with E-state index >= 15 is 0 Å². The van der Waals surface area contributed by atoms with Gasteiger partial charge in [0, 0.05) is 10.9 Å². The summed E-state index contributed by atoms with van der Waals surface area (Å²) in [4.78, 5) is 16.3. The fourth-order valence-corrected chi connectivity index (χ4v) is 3.01. The van der Waals surface area contributed by atoms with Crippen molar-refractivity contribution in [1.82, 2.24) is 10.4 Å². The van der Waals surface area contributed by atoms with Crippen LogP contribution in [0.5, 0.6) is 5.75 Å². The summed E-state index contributed by atoms with van der Waals surface area (Å²) in [5.74, 6) is 0.258. The molecule has 0 aliphatic carbocycles. The molecule has 0 atom stereocenters. The van der Waals surface area contributed by atoms with Crippen LogP contribution in [-0.4, -0.2) is 23.7 Å². The number of hydrogen-bond acceptors (Lipinski definition) is 4. The van der Waals surface area contributed by atoms with Gasteiger partial charge in [0.25, 0.3) is 5.91 Å². The molecule has 0 unspecified atom stereocenters. The second kappa shape index (κ2) is 8.06. The van der Waals surface area contributed by atoms with E-state index in [9.17, 15) is 4.79 Å². The Hall–Kier alpha value is -3.44. The Balaban J connectivity index is 1.36. The summed E-state index contributed by atoms with van der Waals surface area (Å²) >= 11 is 6.17. The van der Waals surface area contributed by atoms with Crippen molar-refractivity contribution in [3.63, 3.8) is 0 Å². The number of halogens is 1. The maximum atomic E-state index is 12.0. The lowest BCUT2D eigenvalue weighted by molar-refractivity contribution is -0.123. The standard InChI is InChI=1S/C22H16ClN3O2/c23-22-18(11-17-7-3-4-8-20(17)25-22)13-24-26-21(27)14-28-19-10-9-15-5-1-2-6-16(15)12-19/h1-13H,14H2,(H,26,27). The van der Waals surface area contributed by atoms with Gasteiger partial charge in [-0.15, -0.1) is 0 Å². The molecular formula is C22H16ClN3O2. The Kier molecular flexibility index (Phi) is 5.17. The van der Waals surface area contributed by atoms with Gasteiger partial charge in [-0.05, 0) is 35.0 Å². The first-order chi connectivity index (χ1) is 13.7. The van der Waals surface area contributed by atoms with Crippen LogP contribution in [0, 0.1) is 0 Å². The molecule has 0 radical (unpaired) electrons. The lowest BCUT2D eigenvalue weighted by atomic mass is 10.1. The third-order valence-electron chi connectivity index (χ3n) is 4.19. The topological polar surface area (TPSA) is 63.6 Å². The molecule has 28 heavy (non-hydrogen) atoms. The molecule has 0 saturated heterocycles. The van der Waals surface area contributed by atoms with Crippen molar-refractivity contribution >= 4 is 45.4 Å². The summed E-state index contributed by atoms with van der Waals surface area (Å²) in [5.41, 5.74) is 3.86. The molecule has 6 heteroatoms. The number of hydrogen-bond donors (Lipinski definition) is 1. The van der Waals surface area contributed by atoms with Gasteiger partial charge in [-0.2, -0.15) is 5.10 Å². The number of nitrogens with one attached hydrogen (secondary N) is 1. The first-order valence-electron chi connectivity index (χ1n) is 8.68. The van der Waals surface area contributed by atoms with Crippen molar-refractivity contribution in [2.45, 2.75) is 0 Å². The number of fused-ring (bicyclic) bond motifs is 2. The van der Waals surface area contributed by atoms with Crippen LogP contribution in [0.2, 0.25) is 5.15 Å². The zero-order valence-electron chi connectivity index (χ0n) is 14.8. The van der Waals surface area contributed by atoms with Crippen LogP contribution in [0.1, 0.15) is 5.56 Å². The average Bonchev–Trinajstić information content (AvgIpc) is 2.72. The van der Waals surface area contributed by atoms with Crippen LogP contribution < -0.4 is 10.2 Å². The van der Waals surface area contributed by atoms with Gasteiger partial charge in [-0.3, -0.25) is 4.79 Å². The van der Waals surface area contributed by atoms with E-state index in [1.54, 1.807) is 0 Å². The quantitative estimate of drug-likeness (QED) is 0.309. The van der Waals surface area contributed by atoms with E-state index in [0.29, 0.717) is 16.5 Å². The number of benzene rings is 3. The zero-order chi connectivity index (χ0) is 19.3. The highest BCUT2D eigenvalue weighted by molar-refractivity contribution is 6.32. The summed E-state index contributed by atoms with van der Waals surface area (Å²) < 4.78 is 5.54. The van der Waals surface area contributed by atoms with Gasteiger partial charge < -0.3 is 4.74 Å². The minimum Gasteiger partial charge on any atom is -0.484 e. The van der Waals surface area contributed by atoms with Gasteiger partial charge in [0.2, 0.25) is 0 Å². The summed E-state index contributed by atoms with van der Waals surface area (Å²) in [6.45, 7) is -0.140. The highest BCUT2D eigenvalue weighted by Crippen LogP contribution is 2.21. The molecule has 1 N–H and O–H groups in total. The lowest BCUT2D eigenvalue weighted by Gasteiger charge is -2.06. The second-order valence-corrected chi connectivity index (χ2v) is 6.51. The van der Waals surface area contributed by atoms with Crippen molar-refractivity contribution in [3.05, 3.63) is 83.5 Å². The van der Waals surface area contributed by atoms with Crippen molar-refractivity contribution in [2.75, 3.05) is 6.61 Å². The molecule has 0 fully saturated rings. The third kappa shape index (κ3) is 4.10. The maximum absolute atomic E-state index is 12.0. The van der Waals surface area contributed by atoms with E-state index in [4.69, 9.17) is 16.3 Å². The molecule has 5 nitrogen and oxygen atoms in total. The Bertz CT molecular complexity index is 1190. The molecule has 1 aromatic heterocycles. The number of carbonyl (C=O) groups excluding carboxylic acids is 1. The van der Waals surface area contributed by atoms with Gasteiger partial charge in [0.05, 0.1) is 11.7 Å². The summed E-state index contributed by atoms with van der Waals surface area (Å²) in [6.07, 6.45) is 1.47. The minimum absolute atomic E-state index is 0.140. The van der Waals surface area contributed by atoms with Crippen LogP contribution in [0.25, 0.3) is 21.7 Å². The summed E-state index contributed by atoms with van der Waals surface area (Å²) in [5, 5.41) is 7.38. The smallest absolute Gasteiger partial charge is 0.277 e. The molecule has 1 heterocycles. The summed E-state index contributed by atoms with van der Waals surface area (Å²) in [6, 6.07) is 23.1. The van der Waals surface area contributed by atoms with Gasteiger partial charge in [0.1, 0.15) is 10.9 Å². The highest BCUT2D eigenvalue weighted by Gasteiger charge is 2.05. The molecular weight excluding hydrogens is 374 g/mol. The van der Waals surface area contributed by atoms with Crippen LogP contribution in [0.4, 0.5) is 0 Å². The van der Waals surface area contributed by atoms with E-state index in [2.05, 4.69) is 15.5 Å². The van der Waals surface area contributed by atoms with E-state index in [1.165, 1.54) is 6.21 Å². The molecule has 0 aliphatic rings. The normalized spacial score (nSPS) is 11.2. The third-order valence-corrected chi connectivity index (χ3v) is 4.49. The van der Waals surface area contributed by atoms with Gasteiger partial charge >= 0.3 is 0 Å². The maximum Gasteiger partial charge on any atom is 0.277 e. The monoisotopic (exact) mass is 389 g/mol. The number of hydrazone groups is 1. The van der Waals surface area contributed by atoms with Crippen molar-refractivity contribution in [3.8, 4) is 5.75 Å². The number of nitrogens with zero attached hydrogens (tertiary/aromatic N) is 2. The molecule has 0 bridgehead atoms. The zero-order valence-corrected chi connectivity index (χ0v) is 15.6. The molecule has 138 valence electrons. The lowest BCUT2D eigenvalue weighted by Crippen LogP contribution is -2.24. The Morgan fingerprint density at radius 2 is 1.75 bits per heavy atom. The van der Waals surface area contributed by atoms with Crippen LogP contribution >= 0.6 is 11.6 Å². The highest BCUT2D eigenvalue weighted by atomic mass is 35.5. The Morgan fingerprint density at radius 3 is 2.61 bits per heavy atom. The largest absolute Gasteiger partial charge is 0.484 e. The first kappa shape index (κ1) is 17.9. The number of rotatable bonds is 5. The van der Waals surface area contributed by atoms with E-state index < -0.39 is 0 Å². The molecule has 1 amide bonds. The van der Waals surface area contributed by atoms with Crippen molar-refractivity contribution < 1.29 is 9.53 Å². The Morgan fingerprint density at radius 1 is 1.00 bits per heavy atom. The number of ether oxygens (including phenoxy) is 1. The van der Waals surface area contributed by atoms with Gasteiger partial charge in [-0.25, -0.2) is 10.4 Å². The molecule has 0 spiro atoms. The van der Waals surface area contributed by atoms with E-state index in [0.717, 1.165) is 21.7 Å². The molecule has 4 rings (SSSR count). The fourth-order valence-electron chi connectivity index (χ4n) is 2.81. The van der Waals surface area contributed by atoms with Crippen LogP contribution in [0.15, 0.2) is 77.9 Å². The van der Waals surface area contributed by atoms with Crippen molar-refractivity contribution in [1.29, 1.82) is 0 Å². The van der Waals surface area contributed by atoms with Gasteiger partial charge in [0.15, 0.2) is 6.61 Å². The fraction of sp³-hybridized carbons (Fsp3) is 0.0455. The average molecular weight is 390 g/mol. The first-order valence-corrected chi connectivity index (χ1v) is 9.06. The molecule has 3 aromatic carbocycles. The predicted octanol–water partition coefficient (Wildman–Crippen LogP) is 4.57. The molecule has 4 aromatic rings. The number of pyridine rings is 1. The van der Waals surface area contributed by atoms with Crippen LogP contribution in [0.3, 0.4) is 0 Å². The SMILES string of the molecule is O=C(COc1ccc2ccccc2c1)NN=Cc1cc2ccccc2nc1Cl. The number of aromatic nitrogens is 1. The number of para-hydroxylation sites is 1. The van der Waals surface area contributed by atoms with E-state index in [1.807, 2.05) is 72.8 Å². The predicted molar refractivity (Wildman–Crippen MR) is 112 cm³/mol. The van der Waals surface area contributed by atoms with Crippen molar-refractivity contribution in [2.24, 2.45) is 5.10 Å². The number of amides is 1.